The van der Waals surface area contributed by atoms with Gasteiger partial charge in [0.05, 0.1) is 16.5 Å². The fourth-order valence-corrected chi connectivity index (χ4v) is 9.13. The van der Waals surface area contributed by atoms with Crippen LogP contribution in [0, 0.1) is 11.8 Å². The first-order valence-electron chi connectivity index (χ1n) is 14.9. The van der Waals surface area contributed by atoms with Gasteiger partial charge in [0, 0.05) is 13.3 Å². The SMILES string of the molecule is CC(F)(F)C(=O)OCC(C)(O)C(=O)OC12CC3CC(CC(O)(C3)C1)C2.c1ccc([S+](c2ccccc2)c2ccccc2)cc1. The van der Waals surface area contributed by atoms with E-state index in [9.17, 15) is 28.6 Å². The molecule has 3 atom stereocenters. The molecular weight excluding hydrogens is 586 g/mol. The van der Waals surface area contributed by atoms with Gasteiger partial charge in [-0.25, -0.2) is 9.59 Å². The maximum atomic E-state index is 12.8. The average molecular weight is 626 g/mol. The van der Waals surface area contributed by atoms with E-state index in [1.807, 2.05) is 0 Å². The summed E-state index contributed by atoms with van der Waals surface area (Å²) in [6.45, 7) is 0.519. The molecule has 0 amide bonds. The van der Waals surface area contributed by atoms with E-state index in [0.29, 0.717) is 39.0 Å². The molecule has 3 unspecified atom stereocenters. The van der Waals surface area contributed by atoms with Crippen LogP contribution in [0.2, 0.25) is 0 Å². The Morgan fingerprint density at radius 3 is 1.61 bits per heavy atom. The summed E-state index contributed by atoms with van der Waals surface area (Å²) in [6, 6.07) is 32.2. The Balaban J connectivity index is 0.000000181. The zero-order valence-corrected chi connectivity index (χ0v) is 25.8. The van der Waals surface area contributed by atoms with Crippen molar-refractivity contribution in [2.45, 2.75) is 89.8 Å². The molecule has 0 aliphatic heterocycles. The lowest BCUT2D eigenvalue weighted by atomic mass is 9.52. The van der Waals surface area contributed by atoms with Crippen LogP contribution in [0.4, 0.5) is 8.78 Å². The summed E-state index contributed by atoms with van der Waals surface area (Å²) in [5, 5.41) is 20.8. The first-order valence-corrected chi connectivity index (χ1v) is 16.1. The molecule has 4 bridgehead atoms. The highest BCUT2D eigenvalue weighted by Crippen LogP contribution is 2.59. The third kappa shape index (κ3) is 7.50. The van der Waals surface area contributed by atoms with Crippen molar-refractivity contribution in [3.63, 3.8) is 0 Å². The minimum atomic E-state index is -3.71. The van der Waals surface area contributed by atoms with Crippen LogP contribution >= 0.6 is 0 Å². The van der Waals surface area contributed by atoms with E-state index in [4.69, 9.17) is 4.74 Å². The molecule has 4 aliphatic carbocycles. The maximum Gasteiger partial charge on any atom is 0.376 e. The van der Waals surface area contributed by atoms with E-state index in [1.165, 1.54) is 14.7 Å². The summed E-state index contributed by atoms with van der Waals surface area (Å²) in [7, 11) is -0.0146. The number of ether oxygens (including phenoxy) is 2. The van der Waals surface area contributed by atoms with E-state index >= 15 is 0 Å². The number of rotatable bonds is 8. The standard InChI is InChI=1S/C18H15S.C17H24F2O6/c1-4-10-16(11-5-1)19(17-12-6-2-7-13-17)18-14-8-3-9-15-18;1-14(22,9-24-13(21)15(2,18)19)12(20)25-17-6-10-3-11(7-17)5-16(23,4-10)8-17/h1-15H;10-11,22-23H,3-9H2,1-2H3/q+1;. The van der Waals surface area contributed by atoms with Gasteiger partial charge in [-0.2, -0.15) is 8.78 Å². The van der Waals surface area contributed by atoms with Crippen molar-refractivity contribution in [1.82, 2.24) is 0 Å². The van der Waals surface area contributed by atoms with Crippen molar-refractivity contribution < 1.29 is 38.1 Å². The topological polar surface area (TPSA) is 93.1 Å². The molecule has 4 aliphatic rings. The molecule has 0 aromatic heterocycles. The second kappa shape index (κ2) is 12.6. The van der Waals surface area contributed by atoms with Crippen LogP contribution in [-0.2, 0) is 30.0 Å². The molecule has 44 heavy (non-hydrogen) atoms. The molecule has 0 saturated heterocycles. The largest absolute Gasteiger partial charge is 0.458 e. The summed E-state index contributed by atoms with van der Waals surface area (Å²) < 4.78 is 35.6. The van der Waals surface area contributed by atoms with E-state index in [1.54, 1.807) is 0 Å². The Bertz CT molecular complexity index is 1320. The zero-order valence-electron chi connectivity index (χ0n) is 25.0. The van der Waals surface area contributed by atoms with Crippen molar-refractivity contribution in [2.75, 3.05) is 6.61 Å². The van der Waals surface area contributed by atoms with Gasteiger partial charge in [-0.15, -0.1) is 0 Å². The fraction of sp³-hybridized carbons (Fsp3) is 0.429. The highest BCUT2D eigenvalue weighted by Gasteiger charge is 2.60. The van der Waals surface area contributed by atoms with Crippen LogP contribution in [0.15, 0.2) is 106 Å². The van der Waals surface area contributed by atoms with E-state index in [2.05, 4.69) is 95.7 Å². The molecule has 0 heterocycles. The van der Waals surface area contributed by atoms with Gasteiger partial charge in [0.15, 0.2) is 20.3 Å². The fourth-order valence-electron chi connectivity index (χ4n) is 7.03. The summed E-state index contributed by atoms with van der Waals surface area (Å²) in [4.78, 5) is 27.6. The quantitative estimate of drug-likeness (QED) is 0.224. The lowest BCUT2D eigenvalue weighted by molar-refractivity contribution is -0.232. The molecule has 3 aromatic carbocycles. The van der Waals surface area contributed by atoms with Crippen molar-refractivity contribution in [2.24, 2.45) is 11.8 Å². The lowest BCUT2D eigenvalue weighted by Crippen LogP contribution is -2.61. The van der Waals surface area contributed by atoms with Gasteiger partial charge in [-0.1, -0.05) is 54.6 Å². The normalized spacial score (nSPS) is 26.7. The molecule has 9 heteroatoms. The second-order valence-corrected chi connectivity index (χ2v) is 14.8. The van der Waals surface area contributed by atoms with Gasteiger partial charge in [0.1, 0.15) is 12.2 Å². The number of esters is 2. The molecule has 0 spiro atoms. The number of aliphatic hydroxyl groups is 2. The van der Waals surface area contributed by atoms with Crippen LogP contribution in [0.25, 0.3) is 0 Å². The highest BCUT2D eigenvalue weighted by molar-refractivity contribution is 7.97. The number of alkyl halides is 2. The molecular formula is C35H39F2O6S+. The average Bonchev–Trinajstić information content (AvgIpc) is 2.96. The molecule has 4 fully saturated rings. The summed E-state index contributed by atoms with van der Waals surface area (Å²) in [5.41, 5.74) is -3.90. The number of carbonyl (C=O) groups excluding carboxylic acids is 2. The van der Waals surface area contributed by atoms with Crippen molar-refractivity contribution in [3.05, 3.63) is 91.0 Å². The Kier molecular flexibility index (Phi) is 9.21. The number of halogens is 2. The minimum absolute atomic E-state index is 0.0146. The molecule has 234 valence electrons. The second-order valence-electron chi connectivity index (χ2n) is 12.7. The van der Waals surface area contributed by atoms with Crippen LogP contribution in [0.1, 0.15) is 52.4 Å². The highest BCUT2D eigenvalue weighted by atomic mass is 32.2. The third-order valence-electron chi connectivity index (χ3n) is 8.50. The van der Waals surface area contributed by atoms with Crippen LogP contribution in [0.3, 0.4) is 0 Å². The number of carbonyl (C=O) groups is 2. The lowest BCUT2D eigenvalue weighted by Gasteiger charge is -2.59. The molecule has 3 aromatic rings. The summed E-state index contributed by atoms with van der Waals surface area (Å²) in [5.74, 6) is -5.99. The van der Waals surface area contributed by atoms with Gasteiger partial charge >= 0.3 is 17.9 Å². The zero-order chi connectivity index (χ0) is 31.6. The number of hydrogen-bond donors (Lipinski definition) is 2. The van der Waals surface area contributed by atoms with E-state index in [0.717, 1.165) is 13.3 Å². The van der Waals surface area contributed by atoms with Gasteiger partial charge in [0.2, 0.25) is 0 Å². The number of hydrogen-bond acceptors (Lipinski definition) is 6. The van der Waals surface area contributed by atoms with Gasteiger partial charge in [0.25, 0.3) is 0 Å². The van der Waals surface area contributed by atoms with Gasteiger partial charge in [-0.3, -0.25) is 0 Å². The Morgan fingerprint density at radius 1 is 0.795 bits per heavy atom. The van der Waals surface area contributed by atoms with E-state index < -0.39 is 41.3 Å². The minimum Gasteiger partial charge on any atom is -0.458 e. The Morgan fingerprint density at radius 2 is 1.23 bits per heavy atom. The van der Waals surface area contributed by atoms with Crippen LogP contribution in [-0.4, -0.2) is 51.5 Å². The van der Waals surface area contributed by atoms with Crippen molar-refractivity contribution in [3.8, 4) is 0 Å². The van der Waals surface area contributed by atoms with Gasteiger partial charge < -0.3 is 19.7 Å². The first kappa shape index (κ1) is 32.1. The first-order chi connectivity index (χ1) is 20.8. The monoisotopic (exact) mass is 625 g/mol. The molecule has 2 N–H and O–H groups in total. The predicted octanol–water partition coefficient (Wildman–Crippen LogP) is 6.34. The molecule has 7 rings (SSSR count). The third-order valence-corrected chi connectivity index (χ3v) is 10.7. The Labute approximate surface area is 259 Å². The van der Waals surface area contributed by atoms with Crippen molar-refractivity contribution >= 4 is 22.8 Å². The van der Waals surface area contributed by atoms with Crippen LogP contribution < -0.4 is 0 Å². The molecule has 0 radical (unpaired) electrons. The summed E-state index contributed by atoms with van der Waals surface area (Å²) in [6.07, 6.45) is 3.97. The smallest absolute Gasteiger partial charge is 0.376 e. The predicted molar refractivity (Wildman–Crippen MR) is 162 cm³/mol. The molecule has 4 saturated carbocycles. The van der Waals surface area contributed by atoms with Crippen molar-refractivity contribution in [1.29, 1.82) is 0 Å². The Hall–Kier alpha value is -3.27. The molecule has 6 nitrogen and oxygen atoms in total. The number of benzene rings is 3. The van der Waals surface area contributed by atoms with Gasteiger partial charge in [-0.05, 0) is 87.3 Å². The maximum absolute atomic E-state index is 12.8. The van der Waals surface area contributed by atoms with Crippen LogP contribution in [0.5, 0.6) is 0 Å². The van der Waals surface area contributed by atoms with E-state index in [-0.39, 0.29) is 22.7 Å². The summed E-state index contributed by atoms with van der Waals surface area (Å²) >= 11 is 0.